The summed E-state index contributed by atoms with van der Waals surface area (Å²) >= 11 is 3.33. The van der Waals surface area contributed by atoms with E-state index >= 15 is 0 Å². The molecule has 0 saturated carbocycles. The molecular formula is C27H25BrN4O3S. The van der Waals surface area contributed by atoms with Gasteiger partial charge in [0.15, 0.2) is 0 Å². The van der Waals surface area contributed by atoms with Crippen molar-refractivity contribution in [3.05, 3.63) is 88.9 Å². The minimum absolute atomic E-state index is 0.153. The number of fused-ring (bicyclic) bond motifs is 2. The van der Waals surface area contributed by atoms with Crippen molar-refractivity contribution in [3.8, 4) is 0 Å². The van der Waals surface area contributed by atoms with Crippen molar-refractivity contribution in [2.75, 3.05) is 32.7 Å². The van der Waals surface area contributed by atoms with Gasteiger partial charge >= 0.3 is 0 Å². The Morgan fingerprint density at radius 3 is 2.08 bits per heavy atom. The summed E-state index contributed by atoms with van der Waals surface area (Å²) in [5.41, 5.74) is 3.59. The zero-order valence-corrected chi connectivity index (χ0v) is 21.9. The van der Waals surface area contributed by atoms with Crippen molar-refractivity contribution in [2.45, 2.75) is 4.90 Å². The number of nitrogens with zero attached hydrogens (tertiary/aromatic N) is 3. The monoisotopic (exact) mass is 564 g/mol. The van der Waals surface area contributed by atoms with Crippen molar-refractivity contribution in [1.82, 2.24) is 14.6 Å². The average Bonchev–Trinajstić information content (AvgIpc) is 2.89. The Bertz CT molecular complexity index is 1490. The molecule has 7 nitrogen and oxygen atoms in total. The standard InChI is InChI=1S/C27H25BrN4O3S/c28-22-9-11-23(12-10-22)36(34,35)32-15-13-31(14-16-32)19-27(33)30-29-18-26-24-7-3-1-5-20(24)17-21-6-2-4-8-25(21)26/h1-12,17-18H,13-16,19H2,(H,30,33)/b29-18+. The highest BCUT2D eigenvalue weighted by Gasteiger charge is 2.29. The van der Waals surface area contributed by atoms with E-state index in [0.29, 0.717) is 26.2 Å². The number of sulfonamides is 1. The van der Waals surface area contributed by atoms with Crippen LogP contribution in [0.2, 0.25) is 0 Å². The maximum atomic E-state index is 12.9. The molecule has 9 heteroatoms. The Hall–Kier alpha value is -3.11. The van der Waals surface area contributed by atoms with Crippen molar-refractivity contribution in [1.29, 1.82) is 0 Å². The molecule has 36 heavy (non-hydrogen) atoms. The normalized spacial score (nSPS) is 15.6. The summed E-state index contributed by atoms with van der Waals surface area (Å²) in [5.74, 6) is -0.236. The molecule has 1 fully saturated rings. The van der Waals surface area contributed by atoms with E-state index in [1.54, 1.807) is 30.5 Å². The SMILES string of the molecule is O=C(CN1CCN(S(=O)(=O)c2ccc(Br)cc2)CC1)N/N=C/c1c2ccccc2cc2ccccc12. The van der Waals surface area contributed by atoms with E-state index in [2.05, 4.69) is 44.7 Å². The summed E-state index contributed by atoms with van der Waals surface area (Å²) in [6.45, 7) is 1.76. The van der Waals surface area contributed by atoms with Gasteiger partial charge in [-0.3, -0.25) is 9.69 Å². The minimum Gasteiger partial charge on any atom is -0.292 e. The van der Waals surface area contributed by atoms with Gasteiger partial charge in [-0.25, -0.2) is 13.8 Å². The fourth-order valence-electron chi connectivity index (χ4n) is 4.48. The van der Waals surface area contributed by atoms with Crippen LogP contribution in [0.25, 0.3) is 21.5 Å². The summed E-state index contributed by atoms with van der Waals surface area (Å²) in [6.07, 6.45) is 1.70. The predicted octanol–water partition coefficient (Wildman–Crippen LogP) is 4.21. The lowest BCUT2D eigenvalue weighted by Crippen LogP contribution is -2.50. The molecule has 4 aromatic rings. The van der Waals surface area contributed by atoms with E-state index in [0.717, 1.165) is 31.6 Å². The molecule has 0 bridgehead atoms. The number of hydrazone groups is 1. The van der Waals surface area contributed by atoms with Crippen LogP contribution in [0.15, 0.2) is 93.3 Å². The molecule has 1 heterocycles. The van der Waals surface area contributed by atoms with Gasteiger partial charge in [-0.05, 0) is 51.9 Å². The van der Waals surface area contributed by atoms with Gasteiger partial charge in [0, 0.05) is 36.2 Å². The fraction of sp³-hybridized carbons (Fsp3) is 0.185. The van der Waals surface area contributed by atoms with E-state index < -0.39 is 10.0 Å². The first kappa shape index (κ1) is 24.6. The zero-order valence-electron chi connectivity index (χ0n) is 19.5. The van der Waals surface area contributed by atoms with E-state index in [1.165, 1.54) is 4.31 Å². The van der Waals surface area contributed by atoms with Gasteiger partial charge in [0.25, 0.3) is 5.91 Å². The summed E-state index contributed by atoms with van der Waals surface area (Å²) < 4.78 is 28.1. The number of carbonyl (C=O) groups is 1. The molecule has 184 valence electrons. The van der Waals surface area contributed by atoms with Crippen LogP contribution in [-0.4, -0.2) is 62.5 Å². The van der Waals surface area contributed by atoms with Crippen LogP contribution in [0, 0.1) is 0 Å². The second-order valence-corrected chi connectivity index (χ2v) is 11.5. The average molecular weight is 565 g/mol. The zero-order chi connectivity index (χ0) is 25.1. The summed E-state index contributed by atoms with van der Waals surface area (Å²) in [4.78, 5) is 14.8. The summed E-state index contributed by atoms with van der Waals surface area (Å²) in [5, 5.41) is 8.60. The molecular weight excluding hydrogens is 540 g/mol. The van der Waals surface area contributed by atoms with Gasteiger partial charge in [-0.1, -0.05) is 64.5 Å². The van der Waals surface area contributed by atoms with Crippen molar-refractivity contribution >= 4 is 59.6 Å². The molecule has 1 aliphatic rings. The number of halogens is 1. The number of nitrogens with one attached hydrogen (secondary N) is 1. The molecule has 1 aliphatic heterocycles. The lowest BCUT2D eigenvalue weighted by molar-refractivity contribution is -0.122. The van der Waals surface area contributed by atoms with Crippen LogP contribution < -0.4 is 5.43 Å². The van der Waals surface area contributed by atoms with E-state index in [9.17, 15) is 13.2 Å². The van der Waals surface area contributed by atoms with E-state index in [1.807, 2.05) is 41.3 Å². The number of piperazine rings is 1. The second kappa shape index (κ2) is 10.5. The number of amides is 1. The number of rotatable bonds is 6. The smallest absolute Gasteiger partial charge is 0.254 e. The van der Waals surface area contributed by atoms with Crippen LogP contribution >= 0.6 is 15.9 Å². The van der Waals surface area contributed by atoms with Gasteiger partial charge in [-0.15, -0.1) is 0 Å². The Morgan fingerprint density at radius 1 is 0.889 bits per heavy atom. The highest BCUT2D eigenvalue weighted by Crippen LogP contribution is 2.27. The lowest BCUT2D eigenvalue weighted by Gasteiger charge is -2.33. The van der Waals surface area contributed by atoms with Gasteiger partial charge in [0.05, 0.1) is 17.7 Å². The molecule has 1 saturated heterocycles. The third kappa shape index (κ3) is 5.19. The molecule has 0 atom stereocenters. The maximum absolute atomic E-state index is 12.9. The minimum atomic E-state index is -3.55. The quantitative estimate of drug-likeness (QED) is 0.216. The summed E-state index contributed by atoms with van der Waals surface area (Å²) in [7, 11) is -3.55. The molecule has 1 N–H and O–H groups in total. The number of hydrogen-bond donors (Lipinski definition) is 1. The lowest BCUT2D eigenvalue weighted by atomic mass is 9.97. The number of benzene rings is 4. The Kier molecular flexibility index (Phi) is 7.15. The van der Waals surface area contributed by atoms with Crippen molar-refractivity contribution in [3.63, 3.8) is 0 Å². The van der Waals surface area contributed by atoms with E-state index in [4.69, 9.17) is 0 Å². The highest BCUT2D eigenvalue weighted by molar-refractivity contribution is 9.10. The third-order valence-electron chi connectivity index (χ3n) is 6.35. The molecule has 4 aromatic carbocycles. The van der Waals surface area contributed by atoms with Crippen LogP contribution in [-0.2, 0) is 14.8 Å². The molecule has 0 aliphatic carbocycles. The largest absolute Gasteiger partial charge is 0.292 e. The van der Waals surface area contributed by atoms with Gasteiger partial charge in [0.1, 0.15) is 0 Å². The molecule has 0 unspecified atom stereocenters. The maximum Gasteiger partial charge on any atom is 0.254 e. The first-order chi connectivity index (χ1) is 17.4. The van der Waals surface area contributed by atoms with Gasteiger partial charge in [-0.2, -0.15) is 9.41 Å². The molecule has 0 spiro atoms. The Balaban J connectivity index is 1.21. The number of carbonyl (C=O) groups excluding carboxylic acids is 1. The number of hydrogen-bond acceptors (Lipinski definition) is 5. The van der Waals surface area contributed by atoms with Crippen LogP contribution in [0.1, 0.15) is 5.56 Å². The van der Waals surface area contributed by atoms with Crippen LogP contribution in [0.3, 0.4) is 0 Å². The first-order valence-corrected chi connectivity index (χ1v) is 13.9. The summed E-state index contributed by atoms with van der Waals surface area (Å²) in [6, 6.07) is 25.0. The Morgan fingerprint density at radius 2 is 1.47 bits per heavy atom. The van der Waals surface area contributed by atoms with Crippen LogP contribution in [0.5, 0.6) is 0 Å². The van der Waals surface area contributed by atoms with Gasteiger partial charge in [0.2, 0.25) is 10.0 Å². The molecule has 0 aromatic heterocycles. The fourth-order valence-corrected chi connectivity index (χ4v) is 6.17. The van der Waals surface area contributed by atoms with Gasteiger partial charge < -0.3 is 0 Å². The Labute approximate surface area is 218 Å². The molecule has 0 radical (unpaired) electrons. The highest BCUT2D eigenvalue weighted by atomic mass is 79.9. The van der Waals surface area contributed by atoms with Crippen LogP contribution in [0.4, 0.5) is 0 Å². The van der Waals surface area contributed by atoms with E-state index in [-0.39, 0.29) is 17.3 Å². The molecule has 5 rings (SSSR count). The first-order valence-electron chi connectivity index (χ1n) is 11.6. The predicted molar refractivity (Wildman–Crippen MR) is 147 cm³/mol. The van der Waals surface area contributed by atoms with Crippen molar-refractivity contribution in [2.24, 2.45) is 5.10 Å². The topological polar surface area (TPSA) is 82.1 Å². The van der Waals surface area contributed by atoms with Crippen molar-refractivity contribution < 1.29 is 13.2 Å². The molecule has 1 amide bonds. The second-order valence-electron chi connectivity index (χ2n) is 8.66. The third-order valence-corrected chi connectivity index (χ3v) is 8.79.